The number of nitro benzene ring substituents is 3. The average Bonchev–Trinajstić information content (AvgIpc) is 2.52. The molecule has 0 aliphatic carbocycles. The van der Waals surface area contributed by atoms with Crippen molar-refractivity contribution in [3.8, 4) is 0 Å². The zero-order valence-electron chi connectivity index (χ0n) is 12.6. The van der Waals surface area contributed by atoms with Gasteiger partial charge in [-0.05, 0) is 23.8 Å². The number of hydrogen-bond donors (Lipinski definition) is 1. The summed E-state index contributed by atoms with van der Waals surface area (Å²) in [6, 6.07) is 4.98. The Balaban J connectivity index is 2.75. The van der Waals surface area contributed by atoms with Gasteiger partial charge in [0.25, 0.3) is 5.69 Å². The third-order valence-electron chi connectivity index (χ3n) is 3.30. The number of nitrogen functional groups attached to an aromatic ring is 1. The van der Waals surface area contributed by atoms with Crippen LogP contribution in [0.2, 0.25) is 10.0 Å². The minimum Gasteiger partial charge on any atom is -0.387 e. The third kappa shape index (κ3) is 3.71. The van der Waals surface area contributed by atoms with Crippen LogP contribution in [0.25, 0.3) is 12.2 Å². The number of nitrogens with zero attached hydrogens (tertiary/aromatic N) is 3. The first-order chi connectivity index (χ1) is 12.1. The van der Waals surface area contributed by atoms with Crippen molar-refractivity contribution >= 4 is 58.1 Å². The molecule has 0 unspecified atom stereocenters. The molecule has 2 aromatic rings. The molecule has 12 heteroatoms. The molecule has 0 aromatic heterocycles. The van der Waals surface area contributed by atoms with Gasteiger partial charge < -0.3 is 5.73 Å². The number of rotatable bonds is 5. The van der Waals surface area contributed by atoms with Crippen molar-refractivity contribution in [3.05, 3.63) is 75.8 Å². The van der Waals surface area contributed by atoms with E-state index < -0.39 is 43.1 Å². The molecule has 0 radical (unpaired) electrons. The highest BCUT2D eigenvalue weighted by atomic mass is 35.5. The van der Waals surface area contributed by atoms with Gasteiger partial charge in [0.15, 0.2) is 5.69 Å². The first-order valence-corrected chi connectivity index (χ1v) is 7.41. The number of nitro groups is 3. The Morgan fingerprint density at radius 1 is 0.885 bits per heavy atom. The van der Waals surface area contributed by atoms with Gasteiger partial charge >= 0.3 is 11.4 Å². The molecule has 0 saturated heterocycles. The lowest BCUT2D eigenvalue weighted by molar-refractivity contribution is -0.402. The van der Waals surface area contributed by atoms with Crippen LogP contribution in [0.15, 0.2) is 24.3 Å². The molecule has 0 heterocycles. The van der Waals surface area contributed by atoms with E-state index in [0.29, 0.717) is 16.7 Å². The lowest BCUT2D eigenvalue weighted by atomic mass is 10.1. The zero-order valence-corrected chi connectivity index (χ0v) is 14.1. The Morgan fingerprint density at radius 2 is 1.50 bits per heavy atom. The Kier molecular flexibility index (Phi) is 5.38. The van der Waals surface area contributed by atoms with E-state index in [1.807, 2.05) is 0 Å². The summed E-state index contributed by atoms with van der Waals surface area (Å²) in [6.45, 7) is 0. The fraction of sp³-hybridized carbons (Fsp3) is 0. The normalized spacial score (nSPS) is 10.8. The van der Waals surface area contributed by atoms with Crippen LogP contribution in [-0.2, 0) is 0 Å². The molecule has 0 bridgehead atoms. The molecule has 26 heavy (non-hydrogen) atoms. The van der Waals surface area contributed by atoms with Gasteiger partial charge in [0, 0.05) is 10.0 Å². The molecule has 0 amide bonds. The minimum atomic E-state index is -1.03. The fourth-order valence-corrected chi connectivity index (χ4v) is 2.62. The molecule has 0 aliphatic heterocycles. The second-order valence-electron chi connectivity index (χ2n) is 4.86. The molecular formula is C14H8Cl2N4O6. The topological polar surface area (TPSA) is 155 Å². The molecule has 10 nitrogen and oxygen atoms in total. The molecule has 0 saturated carbocycles. The Labute approximate surface area is 154 Å². The van der Waals surface area contributed by atoms with E-state index in [9.17, 15) is 30.3 Å². The SMILES string of the molecule is Nc1c([N+](=O)[O-])cc([N+](=O)[O-])c(C=Cc2ccc(Cl)cc2Cl)c1[N+](=O)[O-]. The first kappa shape index (κ1) is 19.1. The third-order valence-corrected chi connectivity index (χ3v) is 3.87. The van der Waals surface area contributed by atoms with Crippen LogP contribution < -0.4 is 5.73 Å². The molecule has 0 fully saturated rings. The summed E-state index contributed by atoms with van der Waals surface area (Å²) < 4.78 is 0. The van der Waals surface area contributed by atoms with E-state index in [2.05, 4.69) is 0 Å². The monoisotopic (exact) mass is 398 g/mol. The Morgan fingerprint density at radius 3 is 2.00 bits per heavy atom. The number of hydrogen-bond acceptors (Lipinski definition) is 7. The lowest BCUT2D eigenvalue weighted by Crippen LogP contribution is -2.05. The minimum absolute atomic E-state index is 0.203. The van der Waals surface area contributed by atoms with Crippen molar-refractivity contribution < 1.29 is 14.8 Å². The second kappa shape index (κ2) is 7.33. The summed E-state index contributed by atoms with van der Waals surface area (Å²) in [5.74, 6) is 0. The molecule has 2 rings (SSSR count). The van der Waals surface area contributed by atoms with Gasteiger partial charge in [-0.15, -0.1) is 0 Å². The average molecular weight is 399 g/mol. The van der Waals surface area contributed by atoms with Crippen LogP contribution in [0.3, 0.4) is 0 Å². The Bertz CT molecular complexity index is 976. The van der Waals surface area contributed by atoms with Crippen LogP contribution in [0.1, 0.15) is 11.1 Å². The van der Waals surface area contributed by atoms with Crippen molar-refractivity contribution in [3.63, 3.8) is 0 Å². The summed E-state index contributed by atoms with van der Waals surface area (Å²) in [5.41, 5.74) is 1.89. The van der Waals surface area contributed by atoms with Gasteiger partial charge in [-0.25, -0.2) is 0 Å². The maximum atomic E-state index is 11.3. The van der Waals surface area contributed by atoms with E-state index >= 15 is 0 Å². The van der Waals surface area contributed by atoms with Gasteiger partial charge in [0.2, 0.25) is 0 Å². The quantitative estimate of drug-likeness (QED) is 0.336. The van der Waals surface area contributed by atoms with Crippen molar-refractivity contribution in [2.75, 3.05) is 5.73 Å². The molecular weight excluding hydrogens is 391 g/mol. The maximum absolute atomic E-state index is 11.3. The number of benzene rings is 2. The number of nitrogens with two attached hydrogens (primary N) is 1. The van der Waals surface area contributed by atoms with E-state index in [1.165, 1.54) is 24.3 Å². The number of halogens is 2. The second-order valence-corrected chi connectivity index (χ2v) is 5.70. The number of anilines is 1. The van der Waals surface area contributed by atoms with E-state index in [4.69, 9.17) is 28.9 Å². The smallest absolute Gasteiger partial charge is 0.313 e. The highest BCUT2D eigenvalue weighted by molar-refractivity contribution is 6.35. The fourth-order valence-electron chi connectivity index (χ4n) is 2.15. The van der Waals surface area contributed by atoms with Crippen molar-refractivity contribution in [1.82, 2.24) is 0 Å². The molecule has 0 aliphatic rings. The van der Waals surface area contributed by atoms with Crippen LogP contribution in [0.4, 0.5) is 22.7 Å². The van der Waals surface area contributed by atoms with Crippen LogP contribution in [0, 0.1) is 30.3 Å². The predicted octanol–water partition coefficient (Wildman–Crippen LogP) is 4.47. The van der Waals surface area contributed by atoms with Gasteiger partial charge in [0.05, 0.1) is 20.8 Å². The van der Waals surface area contributed by atoms with Gasteiger partial charge in [-0.3, -0.25) is 30.3 Å². The van der Waals surface area contributed by atoms with Crippen LogP contribution in [0.5, 0.6) is 0 Å². The van der Waals surface area contributed by atoms with Crippen LogP contribution in [-0.4, -0.2) is 14.8 Å². The summed E-state index contributed by atoms with van der Waals surface area (Å²) in [4.78, 5) is 30.5. The van der Waals surface area contributed by atoms with E-state index in [0.717, 1.165) is 6.08 Å². The standard InChI is InChI=1S/C14H8Cl2N4O6/c15-8-3-1-7(10(16)5-8)2-4-9-11(18(21)22)6-12(19(23)24)13(17)14(9)20(25)26/h1-6H,17H2. The highest BCUT2D eigenvalue weighted by Crippen LogP contribution is 2.41. The van der Waals surface area contributed by atoms with Gasteiger partial charge in [0.1, 0.15) is 5.56 Å². The lowest BCUT2D eigenvalue weighted by Gasteiger charge is -2.05. The molecule has 0 atom stereocenters. The molecule has 0 spiro atoms. The Hall–Kier alpha value is -3.24. The molecule has 2 N–H and O–H groups in total. The first-order valence-electron chi connectivity index (χ1n) is 6.66. The van der Waals surface area contributed by atoms with E-state index in [1.54, 1.807) is 0 Å². The largest absolute Gasteiger partial charge is 0.387 e. The summed E-state index contributed by atoms with van der Waals surface area (Å²) in [5, 5.41) is 34.1. The molecule has 2 aromatic carbocycles. The maximum Gasteiger partial charge on any atom is 0.313 e. The van der Waals surface area contributed by atoms with E-state index in [-0.39, 0.29) is 5.02 Å². The summed E-state index contributed by atoms with van der Waals surface area (Å²) in [6.07, 6.45) is 2.32. The van der Waals surface area contributed by atoms with Crippen molar-refractivity contribution in [2.24, 2.45) is 0 Å². The van der Waals surface area contributed by atoms with Crippen LogP contribution >= 0.6 is 23.2 Å². The predicted molar refractivity (Wildman–Crippen MR) is 96.2 cm³/mol. The van der Waals surface area contributed by atoms with Gasteiger partial charge in [-0.2, -0.15) is 0 Å². The summed E-state index contributed by atoms with van der Waals surface area (Å²) in [7, 11) is 0. The van der Waals surface area contributed by atoms with Crippen molar-refractivity contribution in [2.45, 2.75) is 0 Å². The summed E-state index contributed by atoms with van der Waals surface area (Å²) >= 11 is 11.7. The van der Waals surface area contributed by atoms with Crippen molar-refractivity contribution in [1.29, 1.82) is 0 Å². The highest BCUT2D eigenvalue weighted by Gasteiger charge is 2.34. The zero-order chi connectivity index (χ0) is 19.6. The van der Waals surface area contributed by atoms with Gasteiger partial charge in [-0.1, -0.05) is 35.3 Å². The molecule has 134 valence electrons.